The van der Waals surface area contributed by atoms with E-state index in [4.69, 9.17) is 0 Å². The Hall–Kier alpha value is -1.11. The average Bonchev–Trinajstić information content (AvgIpc) is 2.71. The van der Waals surface area contributed by atoms with Gasteiger partial charge in [0.1, 0.15) is 0 Å². The maximum absolute atomic E-state index is 4.31. The molecule has 74 valence electrons. The Morgan fingerprint density at radius 1 is 1.36 bits per heavy atom. The van der Waals surface area contributed by atoms with E-state index in [1.807, 2.05) is 12.4 Å². The Morgan fingerprint density at radius 2 is 2.29 bits per heavy atom. The Kier molecular flexibility index (Phi) is 2.97. The van der Waals surface area contributed by atoms with Crippen molar-refractivity contribution in [2.45, 2.75) is 39.0 Å². The molecule has 0 amide bonds. The van der Waals surface area contributed by atoms with Crippen molar-refractivity contribution in [3.8, 4) is 0 Å². The molecule has 0 saturated heterocycles. The smallest absolute Gasteiger partial charge is 0.0343 e. The van der Waals surface area contributed by atoms with E-state index in [9.17, 15) is 0 Å². The van der Waals surface area contributed by atoms with Gasteiger partial charge in [0.15, 0.2) is 0 Å². The van der Waals surface area contributed by atoms with E-state index in [0.717, 1.165) is 6.42 Å². The van der Waals surface area contributed by atoms with E-state index in [0.29, 0.717) is 0 Å². The third kappa shape index (κ3) is 2.03. The third-order valence-electron chi connectivity index (χ3n) is 2.75. The molecule has 0 N–H and O–H groups in total. The predicted octanol–water partition coefficient (Wildman–Crippen LogP) is 3.60. The molecule has 0 aromatic carbocycles. The van der Waals surface area contributed by atoms with Crippen LogP contribution in [-0.4, -0.2) is 4.98 Å². The van der Waals surface area contributed by atoms with Crippen LogP contribution in [0.15, 0.2) is 24.5 Å². The lowest BCUT2D eigenvalue weighted by atomic mass is 10.0. The molecule has 1 heterocycles. The average molecular weight is 187 g/mol. The zero-order valence-corrected chi connectivity index (χ0v) is 8.79. The van der Waals surface area contributed by atoms with Gasteiger partial charge in [0, 0.05) is 12.4 Å². The van der Waals surface area contributed by atoms with Crippen molar-refractivity contribution < 1.29 is 0 Å². The minimum Gasteiger partial charge on any atom is -0.264 e. The number of rotatable bonds is 3. The van der Waals surface area contributed by atoms with Crippen LogP contribution in [0.1, 0.15) is 43.7 Å². The predicted molar refractivity (Wildman–Crippen MR) is 60.1 cm³/mol. The van der Waals surface area contributed by atoms with Crippen LogP contribution >= 0.6 is 0 Å². The van der Waals surface area contributed by atoms with Gasteiger partial charge in [-0.05, 0) is 48.4 Å². The molecular weight excluding hydrogens is 170 g/mol. The number of hydrogen-bond donors (Lipinski definition) is 0. The fraction of sp³-hybridized carbons (Fsp3) is 0.462. The quantitative estimate of drug-likeness (QED) is 0.704. The summed E-state index contributed by atoms with van der Waals surface area (Å²) >= 11 is 0. The molecule has 0 spiro atoms. The van der Waals surface area contributed by atoms with Crippen LogP contribution in [0.2, 0.25) is 0 Å². The Bertz CT molecular complexity index is 339. The van der Waals surface area contributed by atoms with Crippen molar-refractivity contribution in [2.75, 3.05) is 0 Å². The van der Waals surface area contributed by atoms with Crippen molar-refractivity contribution >= 4 is 5.57 Å². The monoisotopic (exact) mass is 187 g/mol. The van der Waals surface area contributed by atoms with E-state index < -0.39 is 0 Å². The van der Waals surface area contributed by atoms with Crippen LogP contribution in [-0.2, 0) is 6.42 Å². The van der Waals surface area contributed by atoms with Gasteiger partial charge in [-0.1, -0.05) is 19.4 Å². The van der Waals surface area contributed by atoms with E-state index in [1.54, 1.807) is 0 Å². The first kappa shape index (κ1) is 9.45. The van der Waals surface area contributed by atoms with Crippen LogP contribution in [0.3, 0.4) is 0 Å². The topological polar surface area (TPSA) is 12.9 Å². The van der Waals surface area contributed by atoms with E-state index in [-0.39, 0.29) is 0 Å². The SMILES string of the molecule is CCCc1cncc(C2=CCCC2)c1. The minimum atomic E-state index is 1.15. The Balaban J connectivity index is 2.21. The zero-order valence-electron chi connectivity index (χ0n) is 8.79. The molecule has 0 bridgehead atoms. The lowest BCUT2D eigenvalue weighted by molar-refractivity contribution is 0.910. The summed E-state index contributed by atoms with van der Waals surface area (Å²) in [6.45, 7) is 2.21. The molecule has 1 aromatic heterocycles. The first-order valence-corrected chi connectivity index (χ1v) is 5.53. The molecule has 1 aromatic rings. The Morgan fingerprint density at radius 3 is 3.00 bits per heavy atom. The lowest BCUT2D eigenvalue weighted by Crippen LogP contribution is -1.89. The lowest BCUT2D eigenvalue weighted by Gasteiger charge is -2.04. The zero-order chi connectivity index (χ0) is 9.80. The van der Waals surface area contributed by atoms with Crippen molar-refractivity contribution in [1.29, 1.82) is 0 Å². The molecule has 14 heavy (non-hydrogen) atoms. The maximum atomic E-state index is 4.31. The van der Waals surface area contributed by atoms with Gasteiger partial charge in [-0.25, -0.2) is 0 Å². The number of hydrogen-bond acceptors (Lipinski definition) is 1. The molecule has 1 aliphatic rings. The van der Waals surface area contributed by atoms with E-state index in [1.165, 1.54) is 42.4 Å². The van der Waals surface area contributed by atoms with Gasteiger partial charge >= 0.3 is 0 Å². The summed E-state index contributed by atoms with van der Waals surface area (Å²) in [6.07, 6.45) is 12.5. The van der Waals surface area contributed by atoms with Crippen LogP contribution in [0.4, 0.5) is 0 Å². The molecule has 1 heteroatoms. The minimum absolute atomic E-state index is 1.15. The fourth-order valence-electron chi connectivity index (χ4n) is 2.02. The Labute approximate surface area is 85.9 Å². The molecule has 1 nitrogen and oxygen atoms in total. The highest BCUT2D eigenvalue weighted by molar-refractivity contribution is 5.66. The van der Waals surface area contributed by atoms with Crippen LogP contribution in [0, 0.1) is 0 Å². The van der Waals surface area contributed by atoms with Crippen molar-refractivity contribution in [3.63, 3.8) is 0 Å². The van der Waals surface area contributed by atoms with Crippen LogP contribution < -0.4 is 0 Å². The maximum Gasteiger partial charge on any atom is 0.0343 e. The normalized spacial score (nSPS) is 15.6. The first-order valence-electron chi connectivity index (χ1n) is 5.53. The summed E-state index contributed by atoms with van der Waals surface area (Å²) in [5.74, 6) is 0. The largest absolute Gasteiger partial charge is 0.264 e. The molecule has 0 saturated carbocycles. The van der Waals surface area contributed by atoms with Gasteiger partial charge in [0.2, 0.25) is 0 Å². The number of aromatic nitrogens is 1. The molecule has 1 aliphatic carbocycles. The number of aryl methyl sites for hydroxylation is 1. The van der Waals surface area contributed by atoms with E-state index >= 15 is 0 Å². The molecule has 2 rings (SSSR count). The van der Waals surface area contributed by atoms with Gasteiger partial charge in [0.05, 0.1) is 0 Å². The van der Waals surface area contributed by atoms with Gasteiger partial charge in [-0.15, -0.1) is 0 Å². The summed E-state index contributed by atoms with van der Waals surface area (Å²) in [6, 6.07) is 2.30. The summed E-state index contributed by atoms with van der Waals surface area (Å²) < 4.78 is 0. The summed E-state index contributed by atoms with van der Waals surface area (Å²) in [7, 11) is 0. The van der Waals surface area contributed by atoms with Crippen molar-refractivity contribution in [1.82, 2.24) is 4.98 Å². The van der Waals surface area contributed by atoms with Gasteiger partial charge in [-0.2, -0.15) is 0 Å². The number of allylic oxidation sites excluding steroid dienone is 2. The number of nitrogens with zero attached hydrogens (tertiary/aromatic N) is 1. The molecule has 0 radical (unpaired) electrons. The standard InChI is InChI=1S/C13H17N/c1-2-5-11-8-13(10-14-9-11)12-6-3-4-7-12/h6,8-10H,2-5,7H2,1H3. The first-order chi connectivity index (χ1) is 6.90. The van der Waals surface area contributed by atoms with Gasteiger partial charge < -0.3 is 0 Å². The molecule has 0 fully saturated rings. The second-order valence-electron chi connectivity index (χ2n) is 3.95. The van der Waals surface area contributed by atoms with Gasteiger partial charge in [0.25, 0.3) is 0 Å². The van der Waals surface area contributed by atoms with Crippen LogP contribution in [0.5, 0.6) is 0 Å². The highest BCUT2D eigenvalue weighted by atomic mass is 14.6. The summed E-state index contributed by atoms with van der Waals surface area (Å²) in [5, 5.41) is 0. The van der Waals surface area contributed by atoms with E-state index in [2.05, 4.69) is 24.1 Å². The second kappa shape index (κ2) is 4.41. The van der Waals surface area contributed by atoms with Crippen molar-refractivity contribution in [3.05, 3.63) is 35.7 Å². The molecule has 0 aliphatic heterocycles. The molecule has 0 atom stereocenters. The highest BCUT2D eigenvalue weighted by Gasteiger charge is 2.07. The fourth-order valence-corrected chi connectivity index (χ4v) is 2.02. The summed E-state index contributed by atoms with van der Waals surface area (Å²) in [4.78, 5) is 4.31. The van der Waals surface area contributed by atoms with Crippen LogP contribution in [0.25, 0.3) is 5.57 Å². The summed E-state index contributed by atoms with van der Waals surface area (Å²) in [5.41, 5.74) is 4.21. The van der Waals surface area contributed by atoms with Gasteiger partial charge in [-0.3, -0.25) is 4.98 Å². The second-order valence-corrected chi connectivity index (χ2v) is 3.95. The highest BCUT2D eigenvalue weighted by Crippen LogP contribution is 2.27. The number of pyridine rings is 1. The third-order valence-corrected chi connectivity index (χ3v) is 2.75. The molecular formula is C13H17N. The van der Waals surface area contributed by atoms with Crippen molar-refractivity contribution in [2.24, 2.45) is 0 Å². The molecule has 0 unspecified atom stereocenters.